The van der Waals surface area contributed by atoms with Crippen LogP contribution in [0, 0.1) is 6.92 Å². The van der Waals surface area contributed by atoms with E-state index < -0.39 is 0 Å². The normalized spacial score (nSPS) is 13.4. The van der Waals surface area contributed by atoms with Crippen molar-refractivity contribution in [1.29, 1.82) is 0 Å². The summed E-state index contributed by atoms with van der Waals surface area (Å²) in [4.78, 5) is 7.60. The average Bonchev–Trinajstić information content (AvgIpc) is 3.73. The largest absolute Gasteiger partial charge is 0.311 e. The van der Waals surface area contributed by atoms with E-state index in [0.29, 0.717) is 0 Å². The van der Waals surface area contributed by atoms with Gasteiger partial charge in [-0.05, 0) is 158 Å². The molecule has 11 aromatic rings. The highest BCUT2D eigenvalue weighted by atomic mass is 15.2. The molecule has 4 heterocycles. The lowest BCUT2D eigenvalue weighted by atomic mass is 9.33. The van der Waals surface area contributed by atoms with Crippen LogP contribution in [0.4, 0.5) is 51.2 Å². The molecule has 3 aliphatic heterocycles. The van der Waals surface area contributed by atoms with E-state index >= 15 is 0 Å². The molecule has 4 nitrogen and oxygen atoms in total. The van der Waals surface area contributed by atoms with Crippen molar-refractivity contribution in [1.82, 2.24) is 4.57 Å². The van der Waals surface area contributed by atoms with Gasteiger partial charge in [-0.2, -0.15) is 0 Å². The topological polar surface area (TPSA) is 14.7 Å². The summed E-state index contributed by atoms with van der Waals surface area (Å²) in [5.74, 6) is 0. The lowest BCUT2D eigenvalue weighted by Gasteiger charge is -2.46. The van der Waals surface area contributed by atoms with Crippen LogP contribution in [0.2, 0.25) is 0 Å². The van der Waals surface area contributed by atoms with Gasteiger partial charge in [0.05, 0.1) is 28.1 Å². The Bertz CT molecular complexity index is 3960. The van der Waals surface area contributed by atoms with Gasteiger partial charge in [-0.15, -0.1) is 0 Å². The van der Waals surface area contributed by atoms with Crippen LogP contribution in [-0.4, -0.2) is 11.3 Å². The molecule has 0 bridgehead atoms. The number of aryl methyl sites for hydroxylation is 1. The van der Waals surface area contributed by atoms with Crippen LogP contribution in [0.15, 0.2) is 206 Å². The SMILES string of the molecule is Cc1cc2c3c(c1)N1c4c(cccc4-n4c5ccccc5c5cccc1c54)B3c1ccc(N(c3ccc(C(C)(C)C)cc3)c3ccc(C(C)(C)C)cc3)cc1N2c1ccc(-c2ccc3ccccc3c2)cc1. The van der Waals surface area contributed by atoms with E-state index in [1.54, 1.807) is 0 Å². The highest BCUT2D eigenvalue weighted by Gasteiger charge is 2.46. The number of hydrogen-bond donors (Lipinski definition) is 0. The third-order valence-electron chi connectivity index (χ3n) is 15.8. The number of aromatic nitrogens is 1. The highest BCUT2D eigenvalue weighted by molar-refractivity contribution is 7.00. The number of rotatable bonds is 5. The van der Waals surface area contributed by atoms with E-state index in [0.717, 1.165) is 22.7 Å². The van der Waals surface area contributed by atoms with Gasteiger partial charge in [-0.25, -0.2) is 0 Å². The quantitative estimate of drug-likeness (QED) is 0.160. The smallest absolute Gasteiger partial charge is 0.252 e. The Labute approximate surface area is 423 Å². The van der Waals surface area contributed by atoms with Crippen LogP contribution in [-0.2, 0) is 10.8 Å². The summed E-state index contributed by atoms with van der Waals surface area (Å²) in [7, 11) is 0. The average molecular weight is 927 g/mol. The zero-order valence-electron chi connectivity index (χ0n) is 42.0. The fraction of sp³-hybridized carbons (Fsp3) is 0.134. The molecule has 0 saturated heterocycles. The molecule has 10 aromatic carbocycles. The Kier molecular flexibility index (Phi) is 9.09. The van der Waals surface area contributed by atoms with Crippen LogP contribution in [0.5, 0.6) is 0 Å². The van der Waals surface area contributed by atoms with Crippen molar-refractivity contribution in [2.45, 2.75) is 59.3 Å². The van der Waals surface area contributed by atoms with E-state index in [4.69, 9.17) is 0 Å². The molecule has 3 aliphatic rings. The Morgan fingerprint density at radius 2 is 1.01 bits per heavy atom. The fourth-order valence-electron chi connectivity index (χ4n) is 12.3. The lowest BCUT2D eigenvalue weighted by molar-refractivity contribution is 0.590. The van der Waals surface area contributed by atoms with Gasteiger partial charge in [0.15, 0.2) is 0 Å². The van der Waals surface area contributed by atoms with E-state index in [-0.39, 0.29) is 17.5 Å². The summed E-state index contributed by atoms with van der Waals surface area (Å²) in [5.41, 5.74) is 24.6. The van der Waals surface area contributed by atoms with Crippen molar-refractivity contribution in [3.63, 3.8) is 0 Å². The third kappa shape index (κ3) is 6.32. The summed E-state index contributed by atoms with van der Waals surface area (Å²) in [6, 6.07) is 78.1. The number of benzene rings is 10. The van der Waals surface area contributed by atoms with E-state index in [1.807, 2.05) is 0 Å². The molecule has 0 spiro atoms. The number of anilines is 9. The first-order valence-electron chi connectivity index (χ1n) is 25.5. The summed E-state index contributed by atoms with van der Waals surface area (Å²) < 4.78 is 2.53. The molecule has 5 heteroatoms. The first-order valence-corrected chi connectivity index (χ1v) is 25.5. The maximum Gasteiger partial charge on any atom is 0.252 e. The number of para-hydroxylation sites is 3. The van der Waals surface area contributed by atoms with Crippen LogP contribution in [0.1, 0.15) is 58.2 Å². The fourth-order valence-corrected chi connectivity index (χ4v) is 12.3. The summed E-state index contributed by atoms with van der Waals surface area (Å²) >= 11 is 0. The minimum absolute atomic E-state index is 0.0212. The number of hydrogen-bond acceptors (Lipinski definition) is 3. The molecule has 0 saturated carbocycles. The van der Waals surface area contributed by atoms with Gasteiger partial charge in [-0.3, -0.25) is 0 Å². The molecular weight excluding hydrogens is 872 g/mol. The second kappa shape index (κ2) is 15.4. The monoisotopic (exact) mass is 926 g/mol. The van der Waals surface area contributed by atoms with E-state index in [9.17, 15) is 0 Å². The van der Waals surface area contributed by atoms with Crippen molar-refractivity contribution in [2.24, 2.45) is 0 Å². The molecule has 0 unspecified atom stereocenters. The summed E-state index contributed by atoms with van der Waals surface area (Å²) in [6.45, 7) is 16.0. The van der Waals surface area contributed by atoms with Crippen LogP contribution >= 0.6 is 0 Å². The second-order valence-electron chi connectivity index (χ2n) is 22.3. The molecule has 0 radical (unpaired) electrons. The minimum atomic E-state index is -0.0212. The van der Waals surface area contributed by atoms with Crippen molar-refractivity contribution in [3.8, 4) is 16.8 Å². The first kappa shape index (κ1) is 42.6. The zero-order valence-corrected chi connectivity index (χ0v) is 42.0. The maximum atomic E-state index is 2.60. The van der Waals surface area contributed by atoms with Gasteiger partial charge in [0.25, 0.3) is 6.71 Å². The third-order valence-corrected chi connectivity index (χ3v) is 15.8. The Morgan fingerprint density at radius 3 is 1.72 bits per heavy atom. The lowest BCUT2D eigenvalue weighted by Crippen LogP contribution is -2.61. The Hall–Kier alpha value is -8.28. The molecule has 14 rings (SSSR count). The molecule has 346 valence electrons. The van der Waals surface area contributed by atoms with Crippen LogP contribution in [0.25, 0.3) is 49.4 Å². The standard InChI is InChI=1S/C67H55BN4/c1-42-38-61-63-62(39-42)72-58-20-12-17-54-53-16-10-11-19-57(53)71(64(54)58)59-21-13-18-56(65(59)72)68(63)55-37-36-52(69(49-32-26-47(27-33-49)66(2,3)4)50-34-28-48(29-35-50)67(5,6)7)41-60(55)70(61)51-30-24-44(25-31-51)46-23-22-43-14-8-9-15-45(43)40-46/h8-41H,1-7H3. The van der Waals surface area contributed by atoms with Gasteiger partial charge in [0, 0.05) is 50.6 Å². The predicted octanol–water partition coefficient (Wildman–Crippen LogP) is 16.4. The van der Waals surface area contributed by atoms with Crippen LogP contribution < -0.4 is 31.1 Å². The molecule has 72 heavy (non-hydrogen) atoms. The van der Waals surface area contributed by atoms with Crippen molar-refractivity contribution < 1.29 is 0 Å². The van der Waals surface area contributed by atoms with Gasteiger partial charge >= 0.3 is 0 Å². The maximum absolute atomic E-state index is 2.60. The van der Waals surface area contributed by atoms with Crippen molar-refractivity contribution >= 4 is 107 Å². The molecule has 0 fully saturated rings. The molecule has 1 aromatic heterocycles. The first-order chi connectivity index (χ1) is 34.9. The predicted molar refractivity (Wildman–Crippen MR) is 308 cm³/mol. The summed E-state index contributed by atoms with van der Waals surface area (Å²) in [5, 5.41) is 5.05. The zero-order chi connectivity index (χ0) is 48.8. The van der Waals surface area contributed by atoms with Gasteiger partial charge < -0.3 is 19.3 Å². The molecule has 0 aliphatic carbocycles. The molecule has 0 N–H and O–H groups in total. The molecule has 0 atom stereocenters. The Balaban J connectivity index is 1.02. The van der Waals surface area contributed by atoms with Crippen molar-refractivity contribution in [2.75, 3.05) is 14.7 Å². The number of nitrogens with zero attached hydrogens (tertiary/aromatic N) is 4. The Morgan fingerprint density at radius 1 is 0.417 bits per heavy atom. The number of fused-ring (bicyclic) bond motifs is 10. The molecule has 0 amide bonds. The highest BCUT2D eigenvalue weighted by Crippen LogP contribution is 2.53. The summed E-state index contributed by atoms with van der Waals surface area (Å²) in [6.07, 6.45) is 0. The van der Waals surface area contributed by atoms with Crippen LogP contribution in [0.3, 0.4) is 0 Å². The van der Waals surface area contributed by atoms with Gasteiger partial charge in [0.2, 0.25) is 0 Å². The second-order valence-corrected chi connectivity index (χ2v) is 22.3. The minimum Gasteiger partial charge on any atom is -0.311 e. The van der Waals surface area contributed by atoms with E-state index in [2.05, 4.69) is 274 Å². The van der Waals surface area contributed by atoms with Gasteiger partial charge in [0.1, 0.15) is 0 Å². The van der Waals surface area contributed by atoms with E-state index in [1.165, 1.54) is 111 Å². The molecular formula is C67H55BN4. The van der Waals surface area contributed by atoms with Crippen molar-refractivity contribution in [3.05, 3.63) is 223 Å². The van der Waals surface area contributed by atoms with Gasteiger partial charge in [-0.1, -0.05) is 163 Å².